The van der Waals surface area contributed by atoms with E-state index in [9.17, 15) is 31.1 Å². The van der Waals surface area contributed by atoms with Crippen molar-refractivity contribution in [3.63, 3.8) is 0 Å². The molecule has 10 heteroatoms. The van der Waals surface area contributed by atoms with Crippen LogP contribution in [0.2, 0.25) is 0 Å². The van der Waals surface area contributed by atoms with Crippen molar-refractivity contribution in [2.75, 3.05) is 19.6 Å². The molecule has 0 radical (unpaired) electrons. The number of piperazine rings is 1. The van der Waals surface area contributed by atoms with Crippen molar-refractivity contribution in [3.8, 4) is 16.9 Å². The van der Waals surface area contributed by atoms with Crippen LogP contribution in [0.4, 0.5) is 26.3 Å². The van der Waals surface area contributed by atoms with Gasteiger partial charge in [-0.25, -0.2) is 0 Å². The summed E-state index contributed by atoms with van der Waals surface area (Å²) >= 11 is 0. The van der Waals surface area contributed by atoms with Crippen LogP contribution in [0.1, 0.15) is 33.1 Å². The number of amides is 1. The molecule has 1 N–H and O–H groups in total. The lowest BCUT2D eigenvalue weighted by atomic mass is 9.91. The van der Waals surface area contributed by atoms with E-state index >= 15 is 0 Å². The van der Waals surface area contributed by atoms with E-state index in [2.05, 4.69) is 10.1 Å². The molecule has 2 aromatic carbocycles. The summed E-state index contributed by atoms with van der Waals surface area (Å²) < 4.78 is 82.6. The molecule has 0 aromatic heterocycles. The van der Waals surface area contributed by atoms with Gasteiger partial charge in [-0.05, 0) is 53.4 Å². The van der Waals surface area contributed by atoms with Crippen molar-refractivity contribution in [1.29, 1.82) is 0 Å². The summed E-state index contributed by atoms with van der Waals surface area (Å²) in [6.07, 6.45) is -9.63. The Hall–Kier alpha value is -2.75. The molecule has 1 atom stereocenters. The summed E-state index contributed by atoms with van der Waals surface area (Å²) in [5, 5.41) is 3.08. The second-order valence-corrected chi connectivity index (χ2v) is 7.23. The fourth-order valence-corrected chi connectivity index (χ4v) is 4.07. The summed E-state index contributed by atoms with van der Waals surface area (Å²) in [7, 11) is 0. The molecule has 4 rings (SSSR count). The fourth-order valence-electron chi connectivity index (χ4n) is 4.07. The number of hydrogen-bond donors (Lipinski definition) is 1. The predicted octanol–water partition coefficient (Wildman–Crippen LogP) is 4.68. The SMILES string of the molecule is Cc1cc(OC(F)(F)F)ccc1-c1cc2c(c(C(F)(F)F)c1)C(=O)N1CCNC[C@@H]21. The van der Waals surface area contributed by atoms with Crippen molar-refractivity contribution < 1.29 is 35.9 Å². The van der Waals surface area contributed by atoms with E-state index in [1.54, 1.807) is 0 Å². The number of rotatable bonds is 2. The molecule has 0 spiro atoms. The highest BCUT2D eigenvalue weighted by Crippen LogP contribution is 2.45. The van der Waals surface area contributed by atoms with Crippen molar-refractivity contribution >= 4 is 5.91 Å². The molecule has 2 heterocycles. The molecule has 0 aliphatic carbocycles. The highest BCUT2D eigenvalue weighted by atomic mass is 19.4. The Morgan fingerprint density at radius 3 is 2.47 bits per heavy atom. The third kappa shape index (κ3) is 3.60. The Kier molecular flexibility index (Phi) is 4.72. The largest absolute Gasteiger partial charge is 0.573 e. The molecule has 160 valence electrons. The molecule has 1 fully saturated rings. The molecule has 2 aliphatic heterocycles. The first-order valence-electron chi connectivity index (χ1n) is 9.09. The van der Waals surface area contributed by atoms with Crippen LogP contribution < -0.4 is 10.1 Å². The summed E-state index contributed by atoms with van der Waals surface area (Å²) in [5.41, 5.74) is -0.302. The molecule has 1 amide bonds. The van der Waals surface area contributed by atoms with Crippen LogP contribution in [0.3, 0.4) is 0 Å². The highest BCUT2D eigenvalue weighted by Gasteiger charge is 2.45. The number of benzene rings is 2. The number of hydrogen-bond acceptors (Lipinski definition) is 3. The molecule has 30 heavy (non-hydrogen) atoms. The van der Waals surface area contributed by atoms with Crippen molar-refractivity contribution in [3.05, 3.63) is 52.6 Å². The quantitative estimate of drug-likeness (QED) is 0.704. The van der Waals surface area contributed by atoms with E-state index in [1.807, 2.05) is 0 Å². The van der Waals surface area contributed by atoms with Crippen LogP contribution in [0.5, 0.6) is 5.75 Å². The summed E-state index contributed by atoms with van der Waals surface area (Å²) in [4.78, 5) is 14.1. The first-order valence-corrected chi connectivity index (χ1v) is 9.09. The van der Waals surface area contributed by atoms with E-state index in [0.29, 0.717) is 30.8 Å². The first kappa shape index (κ1) is 20.5. The van der Waals surface area contributed by atoms with E-state index in [0.717, 1.165) is 18.2 Å². The summed E-state index contributed by atoms with van der Waals surface area (Å²) in [6.45, 7) is 2.60. The number of nitrogens with one attached hydrogen (secondary N) is 1. The number of halogens is 6. The minimum absolute atomic E-state index is 0.178. The Labute approximate surface area is 167 Å². The van der Waals surface area contributed by atoms with Crippen molar-refractivity contribution in [2.24, 2.45) is 0 Å². The van der Waals surface area contributed by atoms with Gasteiger partial charge in [0.25, 0.3) is 5.91 Å². The van der Waals surface area contributed by atoms with Crippen LogP contribution in [-0.4, -0.2) is 36.8 Å². The maximum absolute atomic E-state index is 13.8. The lowest BCUT2D eigenvalue weighted by Crippen LogP contribution is -2.44. The highest BCUT2D eigenvalue weighted by molar-refractivity contribution is 6.02. The number of fused-ring (bicyclic) bond motifs is 3. The topological polar surface area (TPSA) is 41.6 Å². The lowest BCUT2D eigenvalue weighted by molar-refractivity contribution is -0.274. The normalized spacial score (nSPS) is 19.0. The van der Waals surface area contributed by atoms with Gasteiger partial charge in [0.1, 0.15) is 5.75 Å². The Morgan fingerprint density at radius 1 is 1.10 bits per heavy atom. The van der Waals surface area contributed by atoms with Gasteiger partial charge in [-0.3, -0.25) is 4.79 Å². The van der Waals surface area contributed by atoms with Crippen LogP contribution >= 0.6 is 0 Å². The zero-order chi connectivity index (χ0) is 21.8. The average Bonchev–Trinajstić information content (AvgIpc) is 2.92. The minimum atomic E-state index is -4.87. The Bertz CT molecular complexity index is 1020. The van der Waals surface area contributed by atoms with Gasteiger partial charge in [0, 0.05) is 19.6 Å². The van der Waals surface area contributed by atoms with E-state index < -0.39 is 35.8 Å². The van der Waals surface area contributed by atoms with Gasteiger partial charge in [-0.2, -0.15) is 13.2 Å². The second kappa shape index (κ2) is 6.90. The second-order valence-electron chi connectivity index (χ2n) is 7.23. The van der Waals surface area contributed by atoms with Crippen LogP contribution in [0.25, 0.3) is 11.1 Å². The van der Waals surface area contributed by atoms with Gasteiger partial charge < -0.3 is 15.0 Å². The number of nitrogens with zero attached hydrogens (tertiary/aromatic N) is 1. The molecule has 0 bridgehead atoms. The number of ether oxygens (including phenoxy) is 1. The van der Waals surface area contributed by atoms with Crippen LogP contribution in [0, 0.1) is 6.92 Å². The van der Waals surface area contributed by atoms with Gasteiger partial charge in [0.2, 0.25) is 0 Å². The number of carbonyl (C=O) groups excluding carboxylic acids is 1. The maximum atomic E-state index is 13.8. The molecule has 2 aromatic rings. The zero-order valence-corrected chi connectivity index (χ0v) is 15.6. The predicted molar refractivity (Wildman–Crippen MR) is 94.9 cm³/mol. The van der Waals surface area contributed by atoms with E-state index in [4.69, 9.17) is 0 Å². The molecule has 0 unspecified atom stereocenters. The standard InChI is InChI=1S/C20H16F6N2O2/c1-10-6-12(30-20(24,25)26)2-3-13(10)11-7-14-16-9-27-4-5-28(16)18(29)17(14)15(8-11)19(21,22)23/h2-3,6-8,16,27H,4-5,9H2,1H3/t16-/m0/s1. The number of aryl methyl sites for hydroxylation is 1. The van der Waals surface area contributed by atoms with Gasteiger partial charge in [-0.1, -0.05) is 6.07 Å². The van der Waals surface area contributed by atoms with Gasteiger partial charge in [0.05, 0.1) is 17.2 Å². The molecule has 0 saturated carbocycles. The molecule has 1 saturated heterocycles. The third-order valence-corrected chi connectivity index (χ3v) is 5.29. The summed E-state index contributed by atoms with van der Waals surface area (Å²) in [6, 6.07) is 5.34. The smallest absolute Gasteiger partial charge is 0.406 e. The summed E-state index contributed by atoms with van der Waals surface area (Å²) in [5.74, 6) is -1.11. The minimum Gasteiger partial charge on any atom is -0.406 e. The lowest BCUT2D eigenvalue weighted by Gasteiger charge is -2.30. The van der Waals surface area contributed by atoms with Crippen molar-refractivity contribution in [1.82, 2.24) is 10.2 Å². The molecular weight excluding hydrogens is 414 g/mol. The van der Waals surface area contributed by atoms with Crippen molar-refractivity contribution in [2.45, 2.75) is 25.5 Å². The first-order chi connectivity index (χ1) is 14.0. The average molecular weight is 430 g/mol. The molecular formula is C20H16F6N2O2. The van der Waals surface area contributed by atoms with E-state index in [1.165, 1.54) is 24.0 Å². The van der Waals surface area contributed by atoms with Crippen LogP contribution in [-0.2, 0) is 6.18 Å². The monoisotopic (exact) mass is 430 g/mol. The Morgan fingerprint density at radius 2 is 1.83 bits per heavy atom. The Balaban J connectivity index is 1.84. The fraction of sp³-hybridized carbons (Fsp3) is 0.350. The van der Waals surface area contributed by atoms with Gasteiger partial charge >= 0.3 is 12.5 Å². The zero-order valence-electron chi connectivity index (χ0n) is 15.6. The van der Waals surface area contributed by atoms with Crippen LogP contribution in [0.15, 0.2) is 30.3 Å². The van der Waals surface area contributed by atoms with Gasteiger partial charge in [0.15, 0.2) is 0 Å². The molecule has 4 nitrogen and oxygen atoms in total. The number of alkyl halides is 6. The number of carbonyl (C=O) groups is 1. The third-order valence-electron chi connectivity index (χ3n) is 5.29. The van der Waals surface area contributed by atoms with E-state index in [-0.39, 0.29) is 16.7 Å². The molecule has 2 aliphatic rings. The maximum Gasteiger partial charge on any atom is 0.573 e. The van der Waals surface area contributed by atoms with Gasteiger partial charge in [-0.15, -0.1) is 13.2 Å².